The van der Waals surface area contributed by atoms with E-state index in [0.29, 0.717) is 30.9 Å². The fourth-order valence-corrected chi connectivity index (χ4v) is 2.62. The molecule has 20 heavy (non-hydrogen) atoms. The molecule has 1 heterocycles. The van der Waals surface area contributed by atoms with Crippen molar-refractivity contribution in [3.05, 3.63) is 23.8 Å². The maximum Gasteiger partial charge on any atom is 0.393 e. The average molecular weight is 288 g/mol. The Labute approximate surface area is 116 Å². The Morgan fingerprint density at radius 2 is 2.10 bits per heavy atom. The molecule has 0 aromatic heterocycles. The second-order valence-corrected chi connectivity index (χ2v) is 5.23. The number of methoxy groups -OCH3 is 1. The summed E-state index contributed by atoms with van der Waals surface area (Å²) in [6.45, 7) is 1.21. The topological polar surface area (TPSA) is 38.5 Å². The zero-order valence-electron chi connectivity index (χ0n) is 11.4. The predicted molar refractivity (Wildman–Crippen MR) is 71.5 cm³/mol. The Kier molecular flexibility index (Phi) is 4.42. The molecular formula is C14H19F3N2O. The van der Waals surface area contributed by atoms with Gasteiger partial charge in [-0.2, -0.15) is 13.2 Å². The summed E-state index contributed by atoms with van der Waals surface area (Å²) in [6, 6.07) is 5.28. The Balaban J connectivity index is 2.04. The van der Waals surface area contributed by atoms with Gasteiger partial charge in [0.1, 0.15) is 5.75 Å². The first-order valence-electron chi connectivity index (χ1n) is 6.61. The smallest absolute Gasteiger partial charge is 0.393 e. The van der Waals surface area contributed by atoms with E-state index in [9.17, 15) is 13.2 Å². The number of nitrogen functional groups attached to an aromatic ring is 1. The lowest BCUT2D eigenvalue weighted by Crippen LogP contribution is -2.41. The lowest BCUT2D eigenvalue weighted by atomic mass is 9.97. The second-order valence-electron chi connectivity index (χ2n) is 5.23. The molecule has 1 saturated heterocycles. The third-order valence-electron chi connectivity index (χ3n) is 3.60. The van der Waals surface area contributed by atoms with Gasteiger partial charge in [0.25, 0.3) is 0 Å². The van der Waals surface area contributed by atoms with Crippen LogP contribution in [0.25, 0.3) is 0 Å². The normalized spacial score (nSPS) is 20.9. The number of hydrogen-bond donors (Lipinski definition) is 1. The number of rotatable bonds is 3. The van der Waals surface area contributed by atoms with E-state index in [2.05, 4.69) is 0 Å². The fourth-order valence-electron chi connectivity index (χ4n) is 2.62. The zero-order chi connectivity index (χ0) is 14.8. The molecule has 0 amide bonds. The minimum atomic E-state index is -4.11. The molecule has 6 heteroatoms. The van der Waals surface area contributed by atoms with E-state index in [4.69, 9.17) is 10.5 Å². The van der Waals surface area contributed by atoms with E-state index in [1.165, 1.54) is 0 Å². The Hall–Kier alpha value is -1.43. The van der Waals surface area contributed by atoms with E-state index in [-0.39, 0.29) is 13.0 Å². The van der Waals surface area contributed by atoms with Crippen molar-refractivity contribution < 1.29 is 17.9 Å². The van der Waals surface area contributed by atoms with Crippen LogP contribution in [0, 0.1) is 5.92 Å². The molecule has 3 nitrogen and oxygen atoms in total. The highest BCUT2D eigenvalue weighted by Crippen LogP contribution is 2.33. The van der Waals surface area contributed by atoms with Crippen LogP contribution in [0.1, 0.15) is 18.4 Å². The third kappa shape index (κ3) is 3.79. The molecular weight excluding hydrogens is 269 g/mol. The summed E-state index contributed by atoms with van der Waals surface area (Å²) in [5.41, 5.74) is 7.20. The summed E-state index contributed by atoms with van der Waals surface area (Å²) >= 11 is 0. The van der Waals surface area contributed by atoms with Crippen LogP contribution in [0.2, 0.25) is 0 Å². The highest BCUT2D eigenvalue weighted by Gasteiger charge is 2.41. The van der Waals surface area contributed by atoms with E-state index in [0.717, 1.165) is 5.56 Å². The Morgan fingerprint density at radius 1 is 1.35 bits per heavy atom. The number of nitrogens with zero attached hydrogens (tertiary/aromatic N) is 1. The van der Waals surface area contributed by atoms with Crippen molar-refractivity contribution in [2.24, 2.45) is 5.92 Å². The summed E-state index contributed by atoms with van der Waals surface area (Å²) in [5.74, 6) is -0.594. The van der Waals surface area contributed by atoms with Crippen molar-refractivity contribution in [1.29, 1.82) is 0 Å². The minimum absolute atomic E-state index is 0.0562. The molecule has 0 bridgehead atoms. The van der Waals surface area contributed by atoms with Gasteiger partial charge in [-0.15, -0.1) is 0 Å². The van der Waals surface area contributed by atoms with Gasteiger partial charge in [0, 0.05) is 24.8 Å². The van der Waals surface area contributed by atoms with Gasteiger partial charge in [0.15, 0.2) is 0 Å². The number of halogens is 3. The van der Waals surface area contributed by atoms with E-state index in [1.807, 2.05) is 11.0 Å². The summed E-state index contributed by atoms with van der Waals surface area (Å²) < 4.78 is 43.4. The average Bonchev–Trinajstić information content (AvgIpc) is 2.37. The molecule has 1 aliphatic rings. The number of piperidine rings is 1. The molecule has 0 radical (unpaired) electrons. The largest absolute Gasteiger partial charge is 0.497 e. The molecule has 2 N–H and O–H groups in total. The number of nitrogens with two attached hydrogens (primary N) is 1. The third-order valence-corrected chi connectivity index (χ3v) is 3.60. The number of alkyl halides is 3. The summed E-state index contributed by atoms with van der Waals surface area (Å²) in [7, 11) is 1.54. The van der Waals surface area contributed by atoms with Gasteiger partial charge in [-0.3, -0.25) is 4.90 Å². The highest BCUT2D eigenvalue weighted by atomic mass is 19.4. The van der Waals surface area contributed by atoms with Gasteiger partial charge in [-0.1, -0.05) is 0 Å². The van der Waals surface area contributed by atoms with Crippen molar-refractivity contribution in [1.82, 2.24) is 4.90 Å². The first-order chi connectivity index (χ1) is 9.38. The van der Waals surface area contributed by atoms with Gasteiger partial charge >= 0.3 is 6.18 Å². The zero-order valence-corrected chi connectivity index (χ0v) is 11.4. The first kappa shape index (κ1) is 15.0. The van der Waals surface area contributed by atoms with Gasteiger partial charge in [0.2, 0.25) is 0 Å². The van der Waals surface area contributed by atoms with E-state index in [1.54, 1.807) is 19.2 Å². The number of benzene rings is 1. The van der Waals surface area contributed by atoms with Crippen LogP contribution in [-0.2, 0) is 6.54 Å². The second kappa shape index (κ2) is 5.91. The van der Waals surface area contributed by atoms with Crippen LogP contribution in [0.5, 0.6) is 5.75 Å². The standard InChI is InChI=1S/C14H19F3N2O/c1-20-13-6-10(5-12(18)7-13)8-19-4-2-3-11(9-19)14(15,16)17/h5-7,11H,2-4,8-9,18H2,1H3. The van der Waals surface area contributed by atoms with Crippen LogP contribution in [0.15, 0.2) is 18.2 Å². The number of ether oxygens (including phenoxy) is 1. The van der Waals surface area contributed by atoms with Crippen molar-refractivity contribution in [2.45, 2.75) is 25.6 Å². The van der Waals surface area contributed by atoms with Crippen LogP contribution < -0.4 is 10.5 Å². The van der Waals surface area contributed by atoms with Gasteiger partial charge < -0.3 is 10.5 Å². The summed E-state index contributed by atoms with van der Waals surface area (Å²) in [5, 5.41) is 0. The quantitative estimate of drug-likeness (QED) is 0.869. The fraction of sp³-hybridized carbons (Fsp3) is 0.571. The first-order valence-corrected chi connectivity index (χ1v) is 6.61. The molecule has 1 aromatic carbocycles. The predicted octanol–water partition coefficient (Wildman–Crippen LogP) is 3.05. The molecule has 1 aromatic rings. The SMILES string of the molecule is COc1cc(N)cc(CN2CCCC(C(F)(F)F)C2)c1. The number of anilines is 1. The maximum absolute atomic E-state index is 12.8. The molecule has 1 atom stereocenters. The lowest BCUT2D eigenvalue weighted by Gasteiger charge is -2.33. The number of hydrogen-bond acceptors (Lipinski definition) is 3. The molecule has 0 aliphatic carbocycles. The molecule has 1 fully saturated rings. The number of likely N-dealkylation sites (tertiary alicyclic amines) is 1. The lowest BCUT2D eigenvalue weighted by molar-refractivity contribution is -0.187. The van der Waals surface area contributed by atoms with Gasteiger partial charge in [-0.25, -0.2) is 0 Å². The van der Waals surface area contributed by atoms with Crippen LogP contribution >= 0.6 is 0 Å². The molecule has 112 valence electrons. The summed E-state index contributed by atoms with van der Waals surface area (Å²) in [6.07, 6.45) is -3.31. The van der Waals surface area contributed by atoms with Gasteiger partial charge in [0.05, 0.1) is 13.0 Å². The molecule has 1 aliphatic heterocycles. The van der Waals surface area contributed by atoms with E-state index >= 15 is 0 Å². The van der Waals surface area contributed by atoms with Gasteiger partial charge in [-0.05, 0) is 37.1 Å². The van der Waals surface area contributed by atoms with Crippen LogP contribution in [0.4, 0.5) is 18.9 Å². The molecule has 0 spiro atoms. The minimum Gasteiger partial charge on any atom is -0.497 e. The van der Waals surface area contributed by atoms with Crippen LogP contribution in [0.3, 0.4) is 0 Å². The highest BCUT2D eigenvalue weighted by molar-refractivity contribution is 5.47. The van der Waals surface area contributed by atoms with Crippen molar-refractivity contribution in [2.75, 3.05) is 25.9 Å². The van der Waals surface area contributed by atoms with Crippen molar-refractivity contribution in [3.63, 3.8) is 0 Å². The molecule has 2 rings (SSSR count). The van der Waals surface area contributed by atoms with E-state index < -0.39 is 12.1 Å². The van der Waals surface area contributed by atoms with Crippen LogP contribution in [-0.4, -0.2) is 31.3 Å². The molecule has 0 saturated carbocycles. The van der Waals surface area contributed by atoms with Crippen molar-refractivity contribution >= 4 is 5.69 Å². The maximum atomic E-state index is 12.8. The Bertz CT molecular complexity index is 462. The Morgan fingerprint density at radius 3 is 2.75 bits per heavy atom. The van der Waals surface area contributed by atoms with Crippen molar-refractivity contribution in [3.8, 4) is 5.75 Å². The monoisotopic (exact) mass is 288 g/mol. The molecule has 1 unspecified atom stereocenters. The summed E-state index contributed by atoms with van der Waals surface area (Å²) in [4.78, 5) is 1.83.